The van der Waals surface area contributed by atoms with Gasteiger partial charge in [-0.3, -0.25) is 0 Å². The number of rotatable bonds is 5. The molecule has 2 heterocycles. The minimum absolute atomic E-state index is 0.00887. The summed E-state index contributed by atoms with van der Waals surface area (Å²) in [6.45, 7) is 3.68. The van der Waals surface area contributed by atoms with Crippen LogP contribution in [0.1, 0.15) is 6.92 Å². The zero-order chi connectivity index (χ0) is 18.6. The van der Waals surface area contributed by atoms with Crippen LogP contribution in [0.5, 0.6) is 5.75 Å². The van der Waals surface area contributed by atoms with E-state index in [9.17, 15) is 4.79 Å². The summed E-state index contributed by atoms with van der Waals surface area (Å²) in [5, 5.41) is 6.83. The number of amides is 2. The highest BCUT2D eigenvalue weighted by Gasteiger charge is 2.32. The van der Waals surface area contributed by atoms with Gasteiger partial charge in [0.05, 0.1) is 13.1 Å². The van der Waals surface area contributed by atoms with E-state index >= 15 is 0 Å². The second-order valence-corrected chi connectivity index (χ2v) is 6.30. The Morgan fingerprint density at radius 3 is 2.74 bits per heavy atom. The molecule has 0 radical (unpaired) electrons. The van der Waals surface area contributed by atoms with Crippen LogP contribution in [0, 0.1) is 0 Å². The lowest BCUT2D eigenvalue weighted by molar-refractivity contribution is 0.0447. The number of urea groups is 1. The lowest BCUT2D eigenvalue weighted by Crippen LogP contribution is -2.58. The van der Waals surface area contributed by atoms with Crippen LogP contribution < -0.4 is 10.1 Å². The second-order valence-electron chi connectivity index (χ2n) is 6.30. The minimum atomic E-state index is -0.0506. The Morgan fingerprint density at radius 2 is 1.96 bits per heavy atom. The van der Waals surface area contributed by atoms with Gasteiger partial charge < -0.3 is 19.5 Å². The van der Waals surface area contributed by atoms with Gasteiger partial charge in [-0.25, -0.2) is 4.79 Å². The highest BCUT2D eigenvalue weighted by molar-refractivity contribution is 5.75. The molecular weight excluding hydrogens is 344 g/mol. The van der Waals surface area contributed by atoms with Gasteiger partial charge in [-0.2, -0.15) is 4.98 Å². The van der Waals surface area contributed by atoms with E-state index in [1.165, 1.54) is 0 Å². The first-order valence-corrected chi connectivity index (χ1v) is 8.92. The summed E-state index contributed by atoms with van der Waals surface area (Å²) in [7, 11) is 0. The minimum Gasteiger partial charge on any atom is -0.487 e. The second kappa shape index (κ2) is 7.49. The molecule has 1 aromatic heterocycles. The Labute approximate surface area is 156 Å². The van der Waals surface area contributed by atoms with Gasteiger partial charge in [-0.15, -0.1) is 0 Å². The van der Waals surface area contributed by atoms with Crippen LogP contribution in [0.4, 0.5) is 4.79 Å². The maximum atomic E-state index is 11.7. The molecule has 0 unspecified atom stereocenters. The molecule has 1 N–H and O–H groups in total. The van der Waals surface area contributed by atoms with Gasteiger partial charge in [0.25, 0.3) is 5.89 Å². The molecule has 2 aromatic carbocycles. The Hall–Kier alpha value is -3.35. The van der Waals surface area contributed by atoms with Crippen LogP contribution >= 0.6 is 0 Å². The molecule has 1 aliphatic rings. The Balaban J connectivity index is 1.42. The lowest BCUT2D eigenvalue weighted by Gasteiger charge is -2.38. The summed E-state index contributed by atoms with van der Waals surface area (Å²) in [4.78, 5) is 17.9. The maximum Gasteiger partial charge on any atom is 0.317 e. The molecule has 0 saturated carbocycles. The predicted octanol–water partition coefficient (Wildman–Crippen LogP) is 3.20. The van der Waals surface area contributed by atoms with E-state index in [4.69, 9.17) is 9.26 Å². The quantitative estimate of drug-likeness (QED) is 0.752. The molecule has 4 rings (SSSR count). The van der Waals surface area contributed by atoms with Gasteiger partial charge in [-0.1, -0.05) is 41.6 Å². The number of nitrogens with zero attached hydrogens (tertiary/aromatic N) is 3. The normalized spacial score (nSPS) is 13.9. The molecule has 1 aliphatic heterocycles. The van der Waals surface area contributed by atoms with Crippen molar-refractivity contribution in [2.24, 2.45) is 0 Å². The van der Waals surface area contributed by atoms with Crippen molar-refractivity contribution in [2.45, 2.75) is 13.0 Å². The Bertz CT molecular complexity index is 920. The summed E-state index contributed by atoms with van der Waals surface area (Å²) in [5.74, 6) is 1.71. The van der Waals surface area contributed by atoms with Crippen LogP contribution in [0.2, 0.25) is 0 Å². The number of nitrogens with one attached hydrogen (secondary N) is 1. The van der Waals surface area contributed by atoms with Crippen molar-refractivity contribution in [3.63, 3.8) is 0 Å². The first kappa shape index (κ1) is 17.1. The summed E-state index contributed by atoms with van der Waals surface area (Å²) in [6, 6.07) is 17.2. The van der Waals surface area contributed by atoms with E-state index in [0.29, 0.717) is 37.1 Å². The largest absolute Gasteiger partial charge is 0.487 e. The van der Waals surface area contributed by atoms with Gasteiger partial charge in [0, 0.05) is 17.7 Å². The topological polar surface area (TPSA) is 80.5 Å². The van der Waals surface area contributed by atoms with Crippen LogP contribution in [0.3, 0.4) is 0 Å². The number of likely N-dealkylation sites (tertiary alicyclic amines) is 1. The van der Waals surface area contributed by atoms with E-state index < -0.39 is 0 Å². The van der Waals surface area contributed by atoms with Gasteiger partial charge in [0.15, 0.2) is 0 Å². The van der Waals surface area contributed by atoms with Crippen molar-refractivity contribution in [1.82, 2.24) is 20.4 Å². The molecule has 0 spiro atoms. The summed E-state index contributed by atoms with van der Waals surface area (Å²) < 4.78 is 11.4. The number of hydrogen-bond acceptors (Lipinski definition) is 5. The van der Waals surface area contributed by atoms with Crippen LogP contribution in [-0.2, 0) is 0 Å². The van der Waals surface area contributed by atoms with Crippen LogP contribution in [-0.4, -0.2) is 46.8 Å². The lowest BCUT2D eigenvalue weighted by atomic mass is 10.1. The summed E-state index contributed by atoms with van der Waals surface area (Å²) >= 11 is 0. The van der Waals surface area contributed by atoms with Crippen molar-refractivity contribution >= 4 is 6.03 Å². The summed E-state index contributed by atoms with van der Waals surface area (Å²) in [5.41, 5.74) is 1.70. The van der Waals surface area contributed by atoms with E-state index in [1.54, 1.807) is 4.90 Å². The van der Waals surface area contributed by atoms with Crippen molar-refractivity contribution < 1.29 is 14.1 Å². The number of ether oxygens (including phenoxy) is 1. The standard InChI is InChI=1S/C20H20N4O3/c1-2-21-20(25)24-12-17(13-24)26-16-10-6-9-15(11-16)19-22-18(23-27-19)14-7-4-3-5-8-14/h3-11,17H,2,12-13H2,1H3,(H,21,25). The van der Waals surface area contributed by atoms with E-state index in [0.717, 1.165) is 11.1 Å². The monoisotopic (exact) mass is 364 g/mol. The van der Waals surface area contributed by atoms with Gasteiger partial charge in [-0.05, 0) is 25.1 Å². The number of aromatic nitrogens is 2. The Kier molecular flexibility index (Phi) is 4.74. The number of carbonyl (C=O) groups is 1. The first-order chi connectivity index (χ1) is 13.2. The van der Waals surface area contributed by atoms with Gasteiger partial charge >= 0.3 is 6.03 Å². The molecule has 3 aromatic rings. The SMILES string of the molecule is CCNC(=O)N1CC(Oc2cccc(-c3nc(-c4ccccc4)no3)c2)C1. The molecule has 0 aliphatic carbocycles. The third-order valence-corrected chi connectivity index (χ3v) is 4.31. The molecule has 0 bridgehead atoms. The fourth-order valence-electron chi connectivity index (χ4n) is 2.88. The molecule has 7 heteroatoms. The van der Waals surface area contributed by atoms with E-state index in [-0.39, 0.29) is 12.1 Å². The molecule has 1 saturated heterocycles. The molecule has 138 valence electrons. The molecular formula is C20H20N4O3. The van der Waals surface area contributed by atoms with Gasteiger partial charge in [0.2, 0.25) is 5.82 Å². The Morgan fingerprint density at radius 1 is 1.19 bits per heavy atom. The smallest absolute Gasteiger partial charge is 0.317 e. The van der Waals surface area contributed by atoms with Crippen molar-refractivity contribution in [3.8, 4) is 28.6 Å². The van der Waals surface area contributed by atoms with Crippen LogP contribution in [0.15, 0.2) is 59.1 Å². The third kappa shape index (κ3) is 3.76. The molecule has 2 amide bonds. The molecule has 0 atom stereocenters. The highest BCUT2D eigenvalue weighted by Crippen LogP contribution is 2.26. The van der Waals surface area contributed by atoms with Crippen LogP contribution in [0.25, 0.3) is 22.8 Å². The molecule has 7 nitrogen and oxygen atoms in total. The fourth-order valence-corrected chi connectivity index (χ4v) is 2.88. The predicted molar refractivity (Wildman–Crippen MR) is 100 cm³/mol. The van der Waals surface area contributed by atoms with Crippen molar-refractivity contribution in [3.05, 3.63) is 54.6 Å². The fraction of sp³-hybridized carbons (Fsp3) is 0.250. The van der Waals surface area contributed by atoms with E-state index in [1.807, 2.05) is 61.5 Å². The zero-order valence-corrected chi connectivity index (χ0v) is 15.0. The summed E-state index contributed by atoms with van der Waals surface area (Å²) in [6.07, 6.45) is -0.00887. The third-order valence-electron chi connectivity index (χ3n) is 4.31. The van der Waals surface area contributed by atoms with Crippen molar-refractivity contribution in [1.29, 1.82) is 0 Å². The maximum absolute atomic E-state index is 11.7. The number of carbonyl (C=O) groups excluding carboxylic acids is 1. The first-order valence-electron chi connectivity index (χ1n) is 8.92. The van der Waals surface area contributed by atoms with Crippen molar-refractivity contribution in [2.75, 3.05) is 19.6 Å². The number of hydrogen-bond donors (Lipinski definition) is 1. The molecule has 1 fully saturated rings. The zero-order valence-electron chi connectivity index (χ0n) is 15.0. The van der Waals surface area contributed by atoms with E-state index in [2.05, 4.69) is 15.5 Å². The number of benzene rings is 2. The average molecular weight is 364 g/mol. The van der Waals surface area contributed by atoms with Gasteiger partial charge in [0.1, 0.15) is 11.9 Å². The average Bonchev–Trinajstić information content (AvgIpc) is 3.16. The highest BCUT2D eigenvalue weighted by atomic mass is 16.5. The molecule has 27 heavy (non-hydrogen) atoms.